The van der Waals surface area contributed by atoms with Crippen LogP contribution >= 0.6 is 7.60 Å². The van der Waals surface area contributed by atoms with E-state index < -0.39 is 7.60 Å². The Hall–Kier alpha value is -0.380. The first-order valence-corrected chi connectivity index (χ1v) is 3.97. The molecule has 0 aromatic heterocycles. The van der Waals surface area contributed by atoms with Crippen molar-refractivity contribution >= 4 is 13.0 Å². The minimum absolute atomic E-state index is 0.150. The van der Waals surface area contributed by atoms with Gasteiger partial charge in [0.05, 0.1) is 0 Å². The molecule has 1 aliphatic heterocycles. The predicted molar refractivity (Wildman–Crippen MR) is 30.0 cm³/mol. The van der Waals surface area contributed by atoms with Crippen LogP contribution in [0.3, 0.4) is 0 Å². The first kappa shape index (κ1) is 6.74. The highest BCUT2D eigenvalue weighted by atomic mass is 31.2. The van der Waals surface area contributed by atoms with Gasteiger partial charge in [-0.1, -0.05) is 5.16 Å². The molecule has 0 spiro atoms. The molecule has 0 atom stereocenters. The van der Waals surface area contributed by atoms with E-state index in [0.717, 1.165) is 0 Å². The highest BCUT2D eigenvalue weighted by Crippen LogP contribution is 2.39. The van der Waals surface area contributed by atoms with Crippen molar-refractivity contribution < 1.29 is 19.2 Å². The van der Waals surface area contributed by atoms with Crippen LogP contribution in [0.1, 0.15) is 6.42 Å². The Bertz CT molecular complexity index is 182. The fourth-order valence-corrected chi connectivity index (χ4v) is 1.05. The monoisotopic (exact) mass is 151 g/mol. The maximum absolute atomic E-state index is 10.3. The maximum atomic E-state index is 10.3. The van der Waals surface area contributed by atoms with Gasteiger partial charge in [-0.3, -0.25) is 4.57 Å². The average Bonchev–Trinajstić information content (AvgIpc) is 2.08. The molecule has 1 aliphatic rings. The Morgan fingerprint density at radius 2 is 2.33 bits per heavy atom. The SMILES string of the molecule is O=P(O)(O)C1=NOCC1. The minimum atomic E-state index is -4.09. The van der Waals surface area contributed by atoms with Crippen LogP contribution in [0.15, 0.2) is 5.16 Å². The van der Waals surface area contributed by atoms with Gasteiger partial charge in [-0.05, 0) is 0 Å². The lowest BCUT2D eigenvalue weighted by Crippen LogP contribution is -1.94. The smallest absolute Gasteiger partial charge is 0.373 e. The van der Waals surface area contributed by atoms with Crippen LogP contribution < -0.4 is 0 Å². The van der Waals surface area contributed by atoms with Crippen molar-refractivity contribution in [1.82, 2.24) is 0 Å². The van der Waals surface area contributed by atoms with Gasteiger partial charge >= 0.3 is 7.60 Å². The summed E-state index contributed by atoms with van der Waals surface area (Å²) in [7, 11) is -4.09. The number of hydrogen-bond acceptors (Lipinski definition) is 3. The van der Waals surface area contributed by atoms with E-state index >= 15 is 0 Å². The molecule has 6 heteroatoms. The fourth-order valence-electron chi connectivity index (χ4n) is 0.502. The molecular formula is C3H6NO4P. The zero-order chi connectivity index (χ0) is 6.91. The van der Waals surface area contributed by atoms with Crippen molar-refractivity contribution in [2.24, 2.45) is 5.16 Å². The summed E-state index contributed by atoms with van der Waals surface area (Å²) in [6, 6.07) is 0. The quantitative estimate of drug-likeness (QED) is 0.513. The van der Waals surface area contributed by atoms with Crippen LogP contribution in [0, 0.1) is 0 Å². The highest BCUT2D eigenvalue weighted by molar-refractivity contribution is 7.70. The molecular weight excluding hydrogens is 145 g/mol. The Morgan fingerprint density at radius 1 is 1.67 bits per heavy atom. The lowest BCUT2D eigenvalue weighted by Gasteiger charge is -1.96. The van der Waals surface area contributed by atoms with Crippen molar-refractivity contribution in [3.63, 3.8) is 0 Å². The van der Waals surface area contributed by atoms with Crippen LogP contribution in [0.25, 0.3) is 0 Å². The van der Waals surface area contributed by atoms with Crippen LogP contribution in [0.4, 0.5) is 0 Å². The summed E-state index contributed by atoms with van der Waals surface area (Å²) in [5.74, 6) is 0. The van der Waals surface area contributed by atoms with E-state index in [1.807, 2.05) is 0 Å². The molecule has 0 aromatic carbocycles. The zero-order valence-electron chi connectivity index (χ0n) is 4.52. The molecule has 0 aromatic rings. The summed E-state index contributed by atoms with van der Waals surface area (Å²) >= 11 is 0. The van der Waals surface area contributed by atoms with Crippen LogP contribution in [-0.4, -0.2) is 21.8 Å². The molecule has 1 rings (SSSR count). The second-order valence-corrected chi connectivity index (χ2v) is 3.24. The molecule has 52 valence electrons. The van der Waals surface area contributed by atoms with Crippen molar-refractivity contribution in [2.45, 2.75) is 6.42 Å². The van der Waals surface area contributed by atoms with Gasteiger partial charge in [-0.25, -0.2) is 0 Å². The third kappa shape index (κ3) is 1.51. The summed E-state index contributed by atoms with van der Waals surface area (Å²) in [4.78, 5) is 21.2. The van der Waals surface area contributed by atoms with Gasteiger partial charge in [-0.15, -0.1) is 0 Å². The number of hydrogen-bond donors (Lipinski definition) is 2. The van der Waals surface area contributed by atoms with Crippen molar-refractivity contribution in [1.29, 1.82) is 0 Å². The van der Waals surface area contributed by atoms with Crippen LogP contribution in [0.5, 0.6) is 0 Å². The van der Waals surface area contributed by atoms with Gasteiger partial charge < -0.3 is 14.6 Å². The lowest BCUT2D eigenvalue weighted by atomic mass is 10.5. The van der Waals surface area contributed by atoms with Gasteiger partial charge in [0.15, 0.2) is 5.45 Å². The Balaban J connectivity index is 2.73. The van der Waals surface area contributed by atoms with Crippen molar-refractivity contribution in [3.8, 4) is 0 Å². The van der Waals surface area contributed by atoms with E-state index in [2.05, 4.69) is 9.99 Å². The fraction of sp³-hybridized carbons (Fsp3) is 0.667. The molecule has 0 fully saturated rings. The molecule has 9 heavy (non-hydrogen) atoms. The van der Waals surface area contributed by atoms with Gasteiger partial charge in [0, 0.05) is 6.42 Å². The normalized spacial score (nSPS) is 19.1. The zero-order valence-corrected chi connectivity index (χ0v) is 5.41. The summed E-state index contributed by atoms with van der Waals surface area (Å²) in [5, 5.41) is 3.16. The standard InChI is InChI=1S/C3H6NO4P/c5-9(6,7)3-1-2-8-4-3/h1-2H2,(H2,5,6,7). The largest absolute Gasteiger partial charge is 0.395 e. The van der Waals surface area contributed by atoms with Gasteiger partial charge in [0.2, 0.25) is 0 Å². The molecule has 0 saturated heterocycles. The van der Waals surface area contributed by atoms with Crippen LogP contribution in [0.2, 0.25) is 0 Å². The van der Waals surface area contributed by atoms with E-state index in [-0.39, 0.29) is 18.5 Å². The molecule has 0 bridgehead atoms. The molecule has 5 nitrogen and oxygen atoms in total. The maximum Gasteiger partial charge on any atom is 0.373 e. The lowest BCUT2D eigenvalue weighted by molar-refractivity contribution is 0.174. The summed E-state index contributed by atoms with van der Waals surface area (Å²) in [5.41, 5.74) is -0.150. The Kier molecular flexibility index (Phi) is 1.57. The third-order valence-electron chi connectivity index (χ3n) is 0.923. The highest BCUT2D eigenvalue weighted by Gasteiger charge is 2.26. The van der Waals surface area contributed by atoms with Gasteiger partial charge in [-0.2, -0.15) is 0 Å². The van der Waals surface area contributed by atoms with Gasteiger partial charge in [0.1, 0.15) is 6.61 Å². The summed E-state index contributed by atoms with van der Waals surface area (Å²) in [6.07, 6.45) is 0.240. The van der Waals surface area contributed by atoms with Crippen molar-refractivity contribution in [2.75, 3.05) is 6.61 Å². The van der Waals surface area contributed by atoms with E-state index in [9.17, 15) is 4.57 Å². The van der Waals surface area contributed by atoms with E-state index in [0.29, 0.717) is 0 Å². The molecule has 0 unspecified atom stereocenters. The topological polar surface area (TPSA) is 79.1 Å². The van der Waals surface area contributed by atoms with E-state index in [1.165, 1.54) is 0 Å². The average molecular weight is 151 g/mol. The number of rotatable bonds is 1. The molecule has 0 saturated carbocycles. The second kappa shape index (κ2) is 2.10. The van der Waals surface area contributed by atoms with Crippen LogP contribution in [-0.2, 0) is 9.40 Å². The summed E-state index contributed by atoms with van der Waals surface area (Å²) < 4.78 is 10.3. The number of nitrogens with zero attached hydrogens (tertiary/aromatic N) is 1. The molecule has 0 amide bonds. The first-order valence-electron chi connectivity index (χ1n) is 2.35. The number of oxime groups is 1. The molecule has 0 aliphatic carbocycles. The minimum Gasteiger partial charge on any atom is -0.395 e. The van der Waals surface area contributed by atoms with Gasteiger partial charge in [0.25, 0.3) is 0 Å². The predicted octanol–water partition coefficient (Wildman–Crippen LogP) is -0.102. The summed E-state index contributed by atoms with van der Waals surface area (Å²) in [6.45, 7) is 0.278. The van der Waals surface area contributed by atoms with E-state index in [4.69, 9.17) is 9.79 Å². The third-order valence-corrected chi connectivity index (χ3v) is 1.90. The first-order chi connectivity index (χ1) is 4.11. The second-order valence-electron chi connectivity index (χ2n) is 1.63. The van der Waals surface area contributed by atoms with E-state index in [1.54, 1.807) is 0 Å². The molecule has 2 N–H and O–H groups in total. The van der Waals surface area contributed by atoms with Crippen molar-refractivity contribution in [3.05, 3.63) is 0 Å². The Labute approximate surface area is 51.5 Å². The Morgan fingerprint density at radius 3 is 2.56 bits per heavy atom. The molecule has 1 heterocycles. The molecule has 0 radical (unpaired) electrons.